The Labute approximate surface area is 106 Å². The van der Waals surface area contributed by atoms with Crippen LogP contribution < -0.4 is 5.32 Å². The van der Waals surface area contributed by atoms with E-state index in [1.807, 2.05) is 13.0 Å². The lowest BCUT2D eigenvalue weighted by molar-refractivity contribution is -0.127. The molecule has 0 heterocycles. The Hall–Kier alpha value is -1.73. The monoisotopic (exact) mass is 251 g/mol. The number of rotatable bonds is 4. The zero-order valence-corrected chi connectivity index (χ0v) is 10.6. The van der Waals surface area contributed by atoms with Gasteiger partial charge in [-0.15, -0.1) is 0 Å². The summed E-state index contributed by atoms with van der Waals surface area (Å²) in [7, 11) is 1.75. The van der Waals surface area contributed by atoms with Crippen LogP contribution in [0.3, 0.4) is 0 Å². The second-order valence-electron chi connectivity index (χ2n) is 3.57. The Morgan fingerprint density at radius 1 is 1.59 bits per heavy atom. The molecule has 0 saturated carbocycles. The van der Waals surface area contributed by atoms with Gasteiger partial charge in [0.05, 0.1) is 17.1 Å². The predicted molar refractivity (Wildman–Crippen MR) is 68.0 cm³/mol. The molecule has 0 bridgehead atoms. The van der Waals surface area contributed by atoms with E-state index in [0.717, 1.165) is 5.69 Å². The SMILES string of the molecule is CCN(C)C(=O)CNc1ccc(C#N)c(Cl)c1. The van der Waals surface area contributed by atoms with Crippen molar-refractivity contribution in [3.8, 4) is 6.07 Å². The molecule has 0 fully saturated rings. The second kappa shape index (κ2) is 6.12. The molecular formula is C12H14ClN3O. The van der Waals surface area contributed by atoms with Crippen molar-refractivity contribution in [3.05, 3.63) is 28.8 Å². The molecule has 1 aromatic carbocycles. The second-order valence-corrected chi connectivity index (χ2v) is 3.98. The van der Waals surface area contributed by atoms with Crippen molar-refractivity contribution < 1.29 is 4.79 Å². The third-order valence-electron chi connectivity index (χ3n) is 2.43. The Bertz CT molecular complexity index is 454. The highest BCUT2D eigenvalue weighted by Crippen LogP contribution is 2.19. The van der Waals surface area contributed by atoms with Crippen LogP contribution in [-0.2, 0) is 4.79 Å². The smallest absolute Gasteiger partial charge is 0.241 e. The maximum absolute atomic E-state index is 11.5. The summed E-state index contributed by atoms with van der Waals surface area (Å²) in [6, 6.07) is 6.97. The predicted octanol–water partition coefficient (Wildman–Crippen LogP) is 2.10. The minimum Gasteiger partial charge on any atom is -0.376 e. The zero-order chi connectivity index (χ0) is 12.8. The number of anilines is 1. The number of nitriles is 1. The quantitative estimate of drug-likeness (QED) is 0.892. The molecule has 0 saturated heterocycles. The number of carbonyl (C=O) groups excluding carboxylic acids is 1. The van der Waals surface area contributed by atoms with Crippen LogP contribution in [0.15, 0.2) is 18.2 Å². The van der Waals surface area contributed by atoms with Crippen molar-refractivity contribution in [2.45, 2.75) is 6.92 Å². The number of hydrogen-bond acceptors (Lipinski definition) is 3. The summed E-state index contributed by atoms with van der Waals surface area (Å²) in [4.78, 5) is 13.2. The van der Waals surface area contributed by atoms with Crippen LogP contribution in [-0.4, -0.2) is 30.9 Å². The van der Waals surface area contributed by atoms with Gasteiger partial charge in [0.25, 0.3) is 0 Å². The summed E-state index contributed by atoms with van der Waals surface area (Å²) < 4.78 is 0. The molecule has 90 valence electrons. The molecule has 0 radical (unpaired) electrons. The fraction of sp³-hybridized carbons (Fsp3) is 0.333. The summed E-state index contributed by atoms with van der Waals surface area (Å²) in [6.45, 7) is 2.80. The van der Waals surface area contributed by atoms with Crippen LogP contribution in [0.2, 0.25) is 5.02 Å². The minimum absolute atomic E-state index is 0.00739. The molecule has 0 aliphatic carbocycles. The first-order chi connectivity index (χ1) is 8.08. The Morgan fingerprint density at radius 3 is 2.82 bits per heavy atom. The van der Waals surface area contributed by atoms with E-state index < -0.39 is 0 Å². The van der Waals surface area contributed by atoms with Gasteiger partial charge in [0.1, 0.15) is 6.07 Å². The van der Waals surface area contributed by atoms with Gasteiger partial charge in [0.2, 0.25) is 5.91 Å². The van der Waals surface area contributed by atoms with Crippen molar-refractivity contribution in [2.24, 2.45) is 0 Å². The summed E-state index contributed by atoms with van der Waals surface area (Å²) in [6.07, 6.45) is 0. The van der Waals surface area contributed by atoms with Crippen LogP contribution >= 0.6 is 11.6 Å². The zero-order valence-electron chi connectivity index (χ0n) is 9.83. The van der Waals surface area contributed by atoms with Gasteiger partial charge >= 0.3 is 0 Å². The third kappa shape index (κ3) is 3.65. The van der Waals surface area contributed by atoms with E-state index in [1.165, 1.54) is 0 Å². The van der Waals surface area contributed by atoms with Crippen LogP contribution in [0, 0.1) is 11.3 Å². The van der Waals surface area contributed by atoms with E-state index in [2.05, 4.69) is 5.32 Å². The average molecular weight is 252 g/mol. The van der Waals surface area contributed by atoms with Crippen molar-refractivity contribution >= 4 is 23.2 Å². The highest BCUT2D eigenvalue weighted by atomic mass is 35.5. The van der Waals surface area contributed by atoms with Crippen molar-refractivity contribution in [1.82, 2.24) is 4.90 Å². The molecule has 1 amide bonds. The minimum atomic E-state index is 0.00739. The first-order valence-electron chi connectivity index (χ1n) is 5.26. The number of likely N-dealkylation sites (N-methyl/N-ethyl adjacent to an activating group) is 1. The lowest BCUT2D eigenvalue weighted by Crippen LogP contribution is -2.31. The number of benzene rings is 1. The van der Waals surface area contributed by atoms with Gasteiger partial charge < -0.3 is 10.2 Å². The molecule has 0 unspecified atom stereocenters. The van der Waals surface area contributed by atoms with Crippen LogP contribution in [0.5, 0.6) is 0 Å². The summed E-state index contributed by atoms with van der Waals surface area (Å²) >= 11 is 5.88. The molecule has 0 aromatic heterocycles. The number of carbonyl (C=O) groups is 1. The normalized spacial score (nSPS) is 9.53. The van der Waals surface area contributed by atoms with Gasteiger partial charge in [-0.25, -0.2) is 0 Å². The highest BCUT2D eigenvalue weighted by Gasteiger charge is 2.06. The molecule has 17 heavy (non-hydrogen) atoms. The molecule has 0 atom stereocenters. The fourth-order valence-electron chi connectivity index (χ4n) is 1.20. The molecule has 1 N–H and O–H groups in total. The first kappa shape index (κ1) is 13.3. The Balaban J connectivity index is 2.62. The van der Waals surface area contributed by atoms with E-state index >= 15 is 0 Å². The summed E-state index contributed by atoms with van der Waals surface area (Å²) in [5.41, 5.74) is 1.15. The lowest BCUT2D eigenvalue weighted by Gasteiger charge is -2.15. The number of nitrogens with one attached hydrogen (secondary N) is 1. The van der Waals surface area contributed by atoms with E-state index in [9.17, 15) is 4.79 Å². The Kier molecular flexibility index (Phi) is 4.80. The molecular weight excluding hydrogens is 238 g/mol. The van der Waals surface area contributed by atoms with Crippen molar-refractivity contribution in [3.63, 3.8) is 0 Å². The maximum atomic E-state index is 11.5. The molecule has 1 rings (SSSR count). The van der Waals surface area contributed by atoms with Gasteiger partial charge in [0, 0.05) is 19.3 Å². The van der Waals surface area contributed by atoms with Crippen molar-refractivity contribution in [1.29, 1.82) is 5.26 Å². The molecule has 0 aliphatic heterocycles. The molecule has 0 aliphatic rings. The first-order valence-corrected chi connectivity index (χ1v) is 5.63. The standard InChI is InChI=1S/C12H14ClN3O/c1-3-16(2)12(17)8-15-10-5-4-9(7-14)11(13)6-10/h4-6,15H,3,8H2,1-2H3. The lowest BCUT2D eigenvalue weighted by atomic mass is 10.2. The van der Waals surface area contributed by atoms with Crippen LogP contribution in [0.25, 0.3) is 0 Å². The average Bonchev–Trinajstić information content (AvgIpc) is 2.35. The number of hydrogen-bond donors (Lipinski definition) is 1. The molecule has 0 spiro atoms. The molecule has 1 aromatic rings. The van der Waals surface area contributed by atoms with Gasteiger partial charge in [0.15, 0.2) is 0 Å². The fourth-order valence-corrected chi connectivity index (χ4v) is 1.43. The van der Waals surface area contributed by atoms with Gasteiger partial charge in [-0.1, -0.05) is 11.6 Å². The van der Waals surface area contributed by atoms with E-state index in [1.54, 1.807) is 30.1 Å². The van der Waals surface area contributed by atoms with E-state index in [-0.39, 0.29) is 12.5 Å². The molecule has 5 heteroatoms. The summed E-state index contributed by atoms with van der Waals surface area (Å²) in [5, 5.41) is 12.1. The van der Waals surface area contributed by atoms with E-state index in [4.69, 9.17) is 16.9 Å². The van der Waals surface area contributed by atoms with Gasteiger partial charge in [-0.2, -0.15) is 5.26 Å². The maximum Gasteiger partial charge on any atom is 0.241 e. The van der Waals surface area contributed by atoms with Crippen LogP contribution in [0.1, 0.15) is 12.5 Å². The van der Waals surface area contributed by atoms with Gasteiger partial charge in [-0.3, -0.25) is 4.79 Å². The topological polar surface area (TPSA) is 56.1 Å². The number of halogens is 1. The molecule has 4 nitrogen and oxygen atoms in total. The number of amides is 1. The van der Waals surface area contributed by atoms with E-state index in [0.29, 0.717) is 17.1 Å². The number of nitrogens with zero attached hydrogens (tertiary/aromatic N) is 2. The van der Waals surface area contributed by atoms with Crippen LogP contribution in [0.4, 0.5) is 5.69 Å². The van der Waals surface area contributed by atoms with Gasteiger partial charge in [-0.05, 0) is 25.1 Å². The van der Waals surface area contributed by atoms with Crippen molar-refractivity contribution in [2.75, 3.05) is 25.5 Å². The Morgan fingerprint density at radius 2 is 2.29 bits per heavy atom. The third-order valence-corrected chi connectivity index (χ3v) is 2.75. The highest BCUT2D eigenvalue weighted by molar-refractivity contribution is 6.32. The largest absolute Gasteiger partial charge is 0.376 e. The summed E-state index contributed by atoms with van der Waals surface area (Å²) in [5.74, 6) is 0.00739.